The van der Waals surface area contributed by atoms with E-state index in [0.29, 0.717) is 43.2 Å². The molecule has 2 aromatic carbocycles. The molecule has 0 saturated carbocycles. The fourth-order valence-electron chi connectivity index (χ4n) is 4.38. The van der Waals surface area contributed by atoms with Crippen LogP contribution in [0.1, 0.15) is 21.8 Å². The van der Waals surface area contributed by atoms with Gasteiger partial charge >= 0.3 is 0 Å². The van der Waals surface area contributed by atoms with Gasteiger partial charge in [0.1, 0.15) is 0 Å². The summed E-state index contributed by atoms with van der Waals surface area (Å²) in [5, 5.41) is 15.4. The molecule has 4 heterocycles. The maximum atomic E-state index is 13.0. The molecular formula is C26H24N6O3S. The number of hydrogen-bond acceptors (Lipinski definition) is 8. The van der Waals surface area contributed by atoms with Gasteiger partial charge in [-0.1, -0.05) is 36.4 Å². The molecule has 10 heteroatoms. The van der Waals surface area contributed by atoms with E-state index >= 15 is 0 Å². The van der Waals surface area contributed by atoms with Crippen LogP contribution in [0.4, 0.5) is 0 Å². The first kappa shape index (κ1) is 22.4. The molecule has 9 nitrogen and oxygen atoms in total. The van der Waals surface area contributed by atoms with Crippen molar-refractivity contribution in [3.63, 3.8) is 0 Å². The summed E-state index contributed by atoms with van der Waals surface area (Å²) >= 11 is 1.69. The molecule has 0 unspecified atom stereocenters. The lowest BCUT2D eigenvalue weighted by molar-refractivity contribution is 0.174. The van der Waals surface area contributed by atoms with Crippen molar-refractivity contribution in [3.05, 3.63) is 98.2 Å². The summed E-state index contributed by atoms with van der Waals surface area (Å²) in [6.07, 6.45) is 0.838. The highest BCUT2D eigenvalue weighted by molar-refractivity contribution is 7.09. The summed E-state index contributed by atoms with van der Waals surface area (Å²) in [6, 6.07) is 20.1. The van der Waals surface area contributed by atoms with Crippen LogP contribution < -0.4 is 15.0 Å². The van der Waals surface area contributed by atoms with E-state index in [-0.39, 0.29) is 12.4 Å². The number of aromatic amines is 1. The summed E-state index contributed by atoms with van der Waals surface area (Å²) in [4.78, 5) is 19.4. The third-order valence-electron chi connectivity index (χ3n) is 6.19. The van der Waals surface area contributed by atoms with Crippen LogP contribution in [0.15, 0.2) is 70.8 Å². The fraction of sp³-hybridized carbons (Fsp3) is 0.231. The lowest BCUT2D eigenvalue weighted by atomic mass is 10.1. The topological polar surface area (TPSA) is 98.2 Å². The Kier molecular flexibility index (Phi) is 6.18. The molecule has 0 aliphatic carbocycles. The molecule has 182 valence electrons. The van der Waals surface area contributed by atoms with Gasteiger partial charge in [-0.25, -0.2) is 4.68 Å². The molecule has 0 bridgehead atoms. The van der Waals surface area contributed by atoms with E-state index in [1.807, 2.05) is 47.1 Å². The molecule has 3 aromatic heterocycles. The monoisotopic (exact) mass is 500 g/mol. The maximum absolute atomic E-state index is 13.0. The molecule has 36 heavy (non-hydrogen) atoms. The number of benzene rings is 2. The zero-order valence-electron chi connectivity index (χ0n) is 19.5. The van der Waals surface area contributed by atoms with E-state index in [0.717, 1.165) is 23.1 Å². The molecule has 5 aromatic rings. The van der Waals surface area contributed by atoms with Crippen LogP contribution in [0.2, 0.25) is 0 Å². The van der Waals surface area contributed by atoms with Crippen molar-refractivity contribution >= 4 is 22.2 Å². The van der Waals surface area contributed by atoms with Crippen molar-refractivity contribution in [1.82, 2.24) is 30.1 Å². The number of aryl methyl sites for hydroxylation is 2. The van der Waals surface area contributed by atoms with Crippen molar-refractivity contribution < 1.29 is 9.47 Å². The average Bonchev–Trinajstić information content (AvgIpc) is 3.65. The van der Waals surface area contributed by atoms with Crippen LogP contribution in [-0.2, 0) is 32.6 Å². The van der Waals surface area contributed by atoms with Crippen LogP contribution in [0.5, 0.6) is 11.5 Å². The van der Waals surface area contributed by atoms with Crippen molar-refractivity contribution in [1.29, 1.82) is 0 Å². The summed E-state index contributed by atoms with van der Waals surface area (Å²) in [5.41, 5.74) is 2.50. The Hall–Kier alpha value is -4.02. The fourth-order valence-corrected chi connectivity index (χ4v) is 5.13. The standard InChI is InChI=1S/C26H24N6O3S/c33-26-20(11-19-12-23-24(35-17-34-23)13-22(19)27-26)14-31(15-21-7-4-10-36-21)16-25-28-29-30-32(25)9-8-18-5-2-1-3-6-18/h1-7,10-13H,8-9,14-17H2,(H,27,33). The van der Waals surface area contributed by atoms with E-state index < -0.39 is 0 Å². The van der Waals surface area contributed by atoms with E-state index in [2.05, 4.69) is 49.0 Å². The molecule has 0 saturated heterocycles. The molecule has 0 amide bonds. The summed E-state index contributed by atoms with van der Waals surface area (Å²) in [6.45, 7) is 2.52. The molecule has 0 radical (unpaired) electrons. The van der Waals surface area contributed by atoms with Gasteiger partial charge in [-0.2, -0.15) is 0 Å². The Bertz CT molecular complexity index is 1530. The van der Waals surface area contributed by atoms with Crippen LogP contribution in [0, 0.1) is 0 Å². The number of nitrogens with zero attached hydrogens (tertiary/aromatic N) is 5. The highest BCUT2D eigenvalue weighted by atomic mass is 32.1. The van der Waals surface area contributed by atoms with Crippen molar-refractivity contribution in [2.75, 3.05) is 6.79 Å². The third kappa shape index (κ3) is 4.86. The van der Waals surface area contributed by atoms with Crippen molar-refractivity contribution in [3.8, 4) is 11.5 Å². The van der Waals surface area contributed by atoms with Crippen LogP contribution >= 0.6 is 11.3 Å². The number of tetrazole rings is 1. The summed E-state index contributed by atoms with van der Waals surface area (Å²) in [7, 11) is 0. The summed E-state index contributed by atoms with van der Waals surface area (Å²) < 4.78 is 12.8. The van der Waals surface area contributed by atoms with Gasteiger partial charge < -0.3 is 14.5 Å². The molecular weight excluding hydrogens is 476 g/mol. The van der Waals surface area contributed by atoms with Gasteiger partial charge in [-0.15, -0.1) is 16.4 Å². The van der Waals surface area contributed by atoms with E-state index in [9.17, 15) is 4.79 Å². The number of hydrogen-bond donors (Lipinski definition) is 1. The Morgan fingerprint density at radius 2 is 1.86 bits per heavy atom. The minimum Gasteiger partial charge on any atom is -0.454 e. The molecule has 0 spiro atoms. The number of pyridine rings is 1. The van der Waals surface area contributed by atoms with Gasteiger partial charge in [-0.3, -0.25) is 9.69 Å². The highest BCUT2D eigenvalue weighted by Crippen LogP contribution is 2.35. The number of H-pyrrole nitrogens is 1. The highest BCUT2D eigenvalue weighted by Gasteiger charge is 2.18. The first-order valence-electron chi connectivity index (χ1n) is 11.7. The van der Waals surface area contributed by atoms with Gasteiger partial charge in [0.2, 0.25) is 6.79 Å². The predicted molar refractivity (Wildman–Crippen MR) is 136 cm³/mol. The van der Waals surface area contributed by atoms with Gasteiger partial charge in [0.05, 0.1) is 12.1 Å². The minimum atomic E-state index is -0.124. The number of aromatic nitrogens is 5. The first-order chi connectivity index (χ1) is 17.7. The quantitative estimate of drug-likeness (QED) is 0.329. The van der Waals surface area contributed by atoms with Crippen molar-refractivity contribution in [2.24, 2.45) is 0 Å². The van der Waals surface area contributed by atoms with Gasteiger partial charge in [-0.05, 0) is 46.0 Å². The number of fused-ring (bicyclic) bond motifs is 2. The van der Waals surface area contributed by atoms with Crippen LogP contribution in [-0.4, -0.2) is 36.9 Å². The Morgan fingerprint density at radius 3 is 2.69 bits per heavy atom. The average molecular weight is 501 g/mol. The maximum Gasteiger partial charge on any atom is 0.252 e. The number of rotatable bonds is 9. The smallest absolute Gasteiger partial charge is 0.252 e. The Balaban J connectivity index is 1.25. The summed E-state index contributed by atoms with van der Waals surface area (Å²) in [5.74, 6) is 2.10. The van der Waals surface area contributed by atoms with Crippen LogP contribution in [0.25, 0.3) is 10.9 Å². The van der Waals surface area contributed by atoms with E-state index in [1.54, 1.807) is 11.3 Å². The predicted octanol–water partition coefficient (Wildman–Crippen LogP) is 3.75. The second kappa shape index (κ2) is 9.92. The number of thiophene rings is 1. The molecule has 6 rings (SSSR count). The SMILES string of the molecule is O=c1[nH]c2cc3c(cc2cc1CN(Cc1cccs1)Cc1nnnn1CCc1ccccc1)OCO3. The zero-order chi connectivity index (χ0) is 24.3. The van der Waals surface area contributed by atoms with Gasteiger partial charge in [0.15, 0.2) is 17.3 Å². The second-order valence-electron chi connectivity index (χ2n) is 8.69. The minimum absolute atomic E-state index is 0.124. The molecule has 0 fully saturated rings. The Labute approximate surface area is 210 Å². The zero-order valence-corrected chi connectivity index (χ0v) is 20.3. The lowest BCUT2D eigenvalue weighted by Crippen LogP contribution is -2.28. The number of nitrogens with one attached hydrogen (secondary N) is 1. The van der Waals surface area contributed by atoms with Crippen LogP contribution in [0.3, 0.4) is 0 Å². The first-order valence-corrected chi connectivity index (χ1v) is 12.6. The Morgan fingerprint density at radius 1 is 1.00 bits per heavy atom. The molecule has 0 atom stereocenters. The molecule has 1 N–H and O–H groups in total. The van der Waals surface area contributed by atoms with E-state index in [4.69, 9.17) is 9.47 Å². The third-order valence-corrected chi connectivity index (χ3v) is 7.06. The number of ether oxygens (including phenoxy) is 2. The van der Waals surface area contributed by atoms with Crippen molar-refractivity contribution in [2.45, 2.75) is 32.6 Å². The van der Waals surface area contributed by atoms with Gasteiger partial charge in [0, 0.05) is 41.5 Å². The molecule has 1 aliphatic rings. The second-order valence-corrected chi connectivity index (χ2v) is 9.73. The van der Waals surface area contributed by atoms with E-state index in [1.165, 1.54) is 10.4 Å². The molecule has 1 aliphatic heterocycles. The normalized spacial score (nSPS) is 12.6. The largest absolute Gasteiger partial charge is 0.454 e. The van der Waals surface area contributed by atoms with Gasteiger partial charge in [0.25, 0.3) is 5.56 Å². The lowest BCUT2D eigenvalue weighted by Gasteiger charge is -2.21.